The summed E-state index contributed by atoms with van der Waals surface area (Å²) in [6.45, 7) is 1.69. The van der Waals surface area contributed by atoms with E-state index in [0.29, 0.717) is 0 Å². The molecular weight excluding hydrogens is 242 g/mol. The highest BCUT2D eigenvalue weighted by molar-refractivity contribution is 7.91. The summed E-state index contributed by atoms with van der Waals surface area (Å²) in [6, 6.07) is 8.59. The van der Waals surface area contributed by atoms with Gasteiger partial charge in [0.25, 0.3) is 0 Å². The van der Waals surface area contributed by atoms with Crippen molar-refractivity contribution in [3.63, 3.8) is 0 Å². The summed E-state index contributed by atoms with van der Waals surface area (Å²) in [5, 5.41) is 1.47. The Morgan fingerprint density at radius 2 is 2.06 bits per heavy atom. The van der Waals surface area contributed by atoms with Crippen LogP contribution in [0.5, 0.6) is 0 Å². The first-order valence-electron chi connectivity index (χ1n) is 4.80. The van der Waals surface area contributed by atoms with Crippen LogP contribution in [0.4, 0.5) is 0 Å². The summed E-state index contributed by atoms with van der Waals surface area (Å²) in [6.07, 6.45) is 1.49. The van der Waals surface area contributed by atoms with Gasteiger partial charge in [0.15, 0.2) is 5.03 Å². The van der Waals surface area contributed by atoms with Gasteiger partial charge in [-0.3, -0.25) is 0 Å². The van der Waals surface area contributed by atoms with Gasteiger partial charge >= 0.3 is 0 Å². The molecule has 1 unspecified atom stereocenters. The van der Waals surface area contributed by atoms with E-state index in [1.54, 1.807) is 19.1 Å². The highest BCUT2D eigenvalue weighted by Crippen LogP contribution is 2.29. The molecule has 0 aliphatic carbocycles. The smallest absolute Gasteiger partial charge is 0.203 e. The number of nitrogens with zero attached hydrogens (tertiary/aromatic N) is 1. The van der Waals surface area contributed by atoms with Crippen molar-refractivity contribution < 1.29 is 8.42 Å². The predicted molar refractivity (Wildman–Crippen MR) is 64.2 cm³/mol. The van der Waals surface area contributed by atoms with Crippen LogP contribution in [0.15, 0.2) is 46.9 Å². The van der Waals surface area contributed by atoms with E-state index in [1.165, 1.54) is 23.6 Å². The molecule has 2 aromatic rings. The van der Waals surface area contributed by atoms with Crippen molar-refractivity contribution in [2.45, 2.75) is 17.2 Å². The molecule has 16 heavy (non-hydrogen) atoms. The lowest BCUT2D eigenvalue weighted by Crippen LogP contribution is -2.10. The molecule has 2 rings (SSSR count). The SMILES string of the molecule is CC(c1cccs1)S(=O)(=O)c1ccccn1. The third-order valence-electron chi connectivity index (χ3n) is 2.34. The molecule has 0 N–H and O–H groups in total. The minimum atomic E-state index is -3.36. The summed E-state index contributed by atoms with van der Waals surface area (Å²) < 4.78 is 24.3. The van der Waals surface area contributed by atoms with Crippen LogP contribution in [-0.2, 0) is 9.84 Å². The molecule has 0 aliphatic rings. The van der Waals surface area contributed by atoms with E-state index in [4.69, 9.17) is 0 Å². The van der Waals surface area contributed by atoms with E-state index < -0.39 is 15.1 Å². The Labute approximate surface area is 98.7 Å². The number of thiophene rings is 1. The number of hydrogen-bond acceptors (Lipinski definition) is 4. The number of rotatable bonds is 3. The maximum atomic E-state index is 12.2. The quantitative estimate of drug-likeness (QED) is 0.845. The van der Waals surface area contributed by atoms with Gasteiger partial charge in [-0.15, -0.1) is 11.3 Å². The van der Waals surface area contributed by atoms with Gasteiger partial charge in [-0.05, 0) is 30.5 Å². The van der Waals surface area contributed by atoms with Crippen molar-refractivity contribution in [1.82, 2.24) is 4.98 Å². The van der Waals surface area contributed by atoms with Crippen molar-refractivity contribution in [1.29, 1.82) is 0 Å². The number of sulfone groups is 1. The maximum Gasteiger partial charge on any atom is 0.203 e. The second kappa shape index (κ2) is 4.35. The fraction of sp³-hybridized carbons (Fsp3) is 0.182. The summed E-state index contributed by atoms with van der Waals surface area (Å²) >= 11 is 1.45. The first kappa shape index (κ1) is 11.3. The Bertz CT molecular complexity index is 547. The Kier molecular flexibility index (Phi) is 3.07. The van der Waals surface area contributed by atoms with Gasteiger partial charge in [0.2, 0.25) is 9.84 Å². The Balaban J connectivity index is 2.41. The van der Waals surface area contributed by atoms with Crippen LogP contribution in [0.25, 0.3) is 0 Å². The molecule has 0 radical (unpaired) electrons. The average molecular weight is 253 g/mol. The third kappa shape index (κ3) is 2.01. The Morgan fingerprint density at radius 1 is 1.25 bits per heavy atom. The van der Waals surface area contributed by atoms with Gasteiger partial charge in [0.05, 0.1) is 5.25 Å². The Morgan fingerprint density at radius 3 is 2.62 bits per heavy atom. The third-order valence-corrected chi connectivity index (χ3v) is 5.55. The second-order valence-electron chi connectivity index (χ2n) is 3.37. The molecule has 0 saturated carbocycles. The average Bonchev–Trinajstić information content (AvgIpc) is 2.82. The van der Waals surface area contributed by atoms with Gasteiger partial charge in [0, 0.05) is 11.1 Å². The van der Waals surface area contributed by atoms with Crippen LogP contribution < -0.4 is 0 Å². The van der Waals surface area contributed by atoms with Gasteiger partial charge < -0.3 is 0 Å². The van der Waals surface area contributed by atoms with Crippen LogP contribution in [0.3, 0.4) is 0 Å². The van der Waals surface area contributed by atoms with E-state index in [2.05, 4.69) is 4.98 Å². The molecule has 0 spiro atoms. The van der Waals surface area contributed by atoms with Crippen molar-refractivity contribution in [2.24, 2.45) is 0 Å². The zero-order valence-electron chi connectivity index (χ0n) is 8.70. The summed E-state index contributed by atoms with van der Waals surface area (Å²) in [4.78, 5) is 4.74. The van der Waals surface area contributed by atoms with Gasteiger partial charge in [0.1, 0.15) is 0 Å². The molecule has 0 aliphatic heterocycles. The molecule has 1 atom stereocenters. The second-order valence-corrected chi connectivity index (χ2v) is 6.57. The summed E-state index contributed by atoms with van der Waals surface area (Å²) in [5.74, 6) is 0. The predicted octanol–water partition coefficient (Wildman–Crippen LogP) is 2.68. The van der Waals surface area contributed by atoms with Crippen LogP contribution in [0, 0.1) is 0 Å². The molecule has 0 saturated heterocycles. The standard InChI is InChI=1S/C11H11NO2S2/c1-9(10-5-4-8-15-10)16(13,14)11-6-2-3-7-12-11/h2-9H,1H3. The van der Waals surface area contributed by atoms with Crippen LogP contribution in [0.1, 0.15) is 17.1 Å². The first-order chi connectivity index (χ1) is 7.62. The number of aromatic nitrogens is 1. The highest BCUT2D eigenvalue weighted by atomic mass is 32.2. The zero-order chi connectivity index (χ0) is 11.6. The molecule has 0 bridgehead atoms. The number of pyridine rings is 1. The molecule has 5 heteroatoms. The minimum Gasteiger partial charge on any atom is -0.245 e. The van der Waals surface area contributed by atoms with E-state index >= 15 is 0 Å². The number of hydrogen-bond donors (Lipinski definition) is 0. The summed E-state index contributed by atoms with van der Waals surface area (Å²) in [7, 11) is -3.36. The van der Waals surface area contributed by atoms with E-state index in [-0.39, 0.29) is 5.03 Å². The molecular formula is C11H11NO2S2. The van der Waals surface area contributed by atoms with Gasteiger partial charge in [-0.1, -0.05) is 12.1 Å². The van der Waals surface area contributed by atoms with Crippen molar-refractivity contribution in [3.05, 3.63) is 46.8 Å². The van der Waals surface area contributed by atoms with Crippen molar-refractivity contribution in [2.75, 3.05) is 0 Å². The van der Waals surface area contributed by atoms with Crippen molar-refractivity contribution >= 4 is 21.2 Å². The molecule has 2 heterocycles. The molecule has 2 aromatic heterocycles. The van der Waals surface area contributed by atoms with Crippen LogP contribution >= 0.6 is 11.3 Å². The van der Waals surface area contributed by atoms with Gasteiger partial charge in [-0.2, -0.15) is 0 Å². The molecule has 3 nitrogen and oxygen atoms in total. The lowest BCUT2D eigenvalue weighted by atomic mass is 10.4. The normalized spacial score (nSPS) is 13.6. The van der Waals surface area contributed by atoms with Gasteiger partial charge in [-0.25, -0.2) is 13.4 Å². The van der Waals surface area contributed by atoms with Crippen LogP contribution in [0.2, 0.25) is 0 Å². The molecule has 0 fully saturated rings. The molecule has 0 amide bonds. The van der Waals surface area contributed by atoms with E-state index in [1.807, 2.05) is 17.5 Å². The fourth-order valence-corrected chi connectivity index (χ4v) is 3.80. The maximum absolute atomic E-state index is 12.2. The lowest BCUT2D eigenvalue weighted by Gasteiger charge is -2.09. The molecule has 0 aromatic carbocycles. The topological polar surface area (TPSA) is 47.0 Å². The van der Waals surface area contributed by atoms with E-state index in [0.717, 1.165) is 4.88 Å². The minimum absolute atomic E-state index is 0.135. The summed E-state index contributed by atoms with van der Waals surface area (Å²) in [5.41, 5.74) is 0. The Hall–Kier alpha value is -1.20. The van der Waals surface area contributed by atoms with Crippen molar-refractivity contribution in [3.8, 4) is 0 Å². The lowest BCUT2D eigenvalue weighted by molar-refractivity contribution is 0.583. The highest BCUT2D eigenvalue weighted by Gasteiger charge is 2.26. The monoisotopic (exact) mass is 253 g/mol. The zero-order valence-corrected chi connectivity index (χ0v) is 10.3. The molecule has 84 valence electrons. The van der Waals surface area contributed by atoms with Crippen LogP contribution in [-0.4, -0.2) is 13.4 Å². The van der Waals surface area contributed by atoms with E-state index in [9.17, 15) is 8.42 Å². The first-order valence-corrected chi connectivity index (χ1v) is 7.23. The largest absolute Gasteiger partial charge is 0.245 e. The fourth-order valence-electron chi connectivity index (χ4n) is 1.37.